The van der Waals surface area contributed by atoms with Crippen LogP contribution in [-0.2, 0) is 9.59 Å². The lowest BCUT2D eigenvalue weighted by Crippen LogP contribution is -2.36. The van der Waals surface area contributed by atoms with Crippen molar-refractivity contribution >= 4 is 40.6 Å². The number of thioether (sulfide) groups is 1. The first-order chi connectivity index (χ1) is 14.0. The van der Waals surface area contributed by atoms with Crippen LogP contribution < -0.4 is 14.8 Å². The van der Waals surface area contributed by atoms with Gasteiger partial charge in [-0.05, 0) is 47.7 Å². The number of ether oxygens (including phenoxy) is 2. The number of halogens is 1. The third-order valence-corrected chi connectivity index (χ3v) is 5.09. The highest BCUT2D eigenvalue weighted by molar-refractivity contribution is 8.18. The Morgan fingerprint density at radius 3 is 2.69 bits per heavy atom. The zero-order valence-electron chi connectivity index (χ0n) is 15.0. The summed E-state index contributed by atoms with van der Waals surface area (Å²) in [7, 11) is 0. The normalized spacial score (nSPS) is 17.0. The van der Waals surface area contributed by atoms with Crippen molar-refractivity contribution in [2.45, 2.75) is 0 Å². The predicted molar refractivity (Wildman–Crippen MR) is 105 cm³/mol. The lowest BCUT2D eigenvalue weighted by atomic mass is 10.1. The smallest absolute Gasteiger partial charge is 0.294 e. The Morgan fingerprint density at radius 2 is 1.90 bits per heavy atom. The summed E-state index contributed by atoms with van der Waals surface area (Å²) in [5.74, 6) is -0.676. The molecule has 4 rings (SSSR count). The molecule has 0 aliphatic carbocycles. The third kappa shape index (κ3) is 4.09. The predicted octanol–water partition coefficient (Wildman–Crippen LogP) is 3.27. The molecular formula is C20H15FN2O5S. The van der Waals surface area contributed by atoms with Gasteiger partial charge in [-0.25, -0.2) is 4.39 Å². The fourth-order valence-electron chi connectivity index (χ4n) is 2.83. The lowest BCUT2D eigenvalue weighted by molar-refractivity contribution is -0.127. The molecule has 7 nitrogen and oxygen atoms in total. The molecule has 1 fully saturated rings. The molecule has 0 atom stereocenters. The van der Waals surface area contributed by atoms with E-state index in [-0.39, 0.29) is 10.6 Å². The number of hydrogen-bond donors (Lipinski definition) is 1. The second-order valence-electron chi connectivity index (χ2n) is 6.20. The summed E-state index contributed by atoms with van der Waals surface area (Å²) in [6.07, 6.45) is 1.55. The van der Waals surface area contributed by atoms with E-state index in [9.17, 15) is 18.8 Å². The molecule has 1 N–H and O–H groups in total. The van der Waals surface area contributed by atoms with Gasteiger partial charge in [0, 0.05) is 0 Å². The first-order valence-corrected chi connectivity index (χ1v) is 9.52. The van der Waals surface area contributed by atoms with E-state index in [0.29, 0.717) is 30.3 Å². The molecule has 2 aromatic carbocycles. The molecule has 29 heavy (non-hydrogen) atoms. The molecule has 3 amide bonds. The number of carbonyl (C=O) groups excluding carboxylic acids is 3. The van der Waals surface area contributed by atoms with Crippen LogP contribution in [0.25, 0.3) is 6.08 Å². The number of anilines is 1. The highest BCUT2D eigenvalue weighted by atomic mass is 32.2. The molecule has 1 saturated heterocycles. The molecule has 2 aliphatic rings. The Labute approximate surface area is 169 Å². The van der Waals surface area contributed by atoms with Crippen molar-refractivity contribution in [3.8, 4) is 11.5 Å². The summed E-state index contributed by atoms with van der Waals surface area (Å²) >= 11 is 0.738. The number of carbonyl (C=O) groups is 3. The van der Waals surface area contributed by atoms with Crippen LogP contribution in [0, 0.1) is 5.82 Å². The standard InChI is InChI=1S/C20H15FN2O5S/c21-13-3-1-2-4-14(13)22-18(24)11-23-19(25)17(29-20(23)26)10-12-5-6-15-16(9-12)28-8-7-27-15/h1-6,9-10H,7-8,11H2,(H,22,24). The summed E-state index contributed by atoms with van der Waals surface area (Å²) in [6, 6.07) is 10.8. The van der Waals surface area contributed by atoms with Gasteiger partial charge in [0.05, 0.1) is 10.6 Å². The third-order valence-electron chi connectivity index (χ3n) is 4.19. The van der Waals surface area contributed by atoms with Crippen molar-refractivity contribution in [2.75, 3.05) is 25.1 Å². The van der Waals surface area contributed by atoms with Crippen molar-refractivity contribution in [1.29, 1.82) is 0 Å². The van der Waals surface area contributed by atoms with Gasteiger partial charge in [-0.3, -0.25) is 19.3 Å². The molecule has 0 spiro atoms. The summed E-state index contributed by atoms with van der Waals surface area (Å²) in [5, 5.41) is 1.79. The molecule has 0 bridgehead atoms. The fraction of sp³-hybridized carbons (Fsp3) is 0.150. The number of fused-ring (bicyclic) bond motifs is 1. The first-order valence-electron chi connectivity index (χ1n) is 8.70. The number of hydrogen-bond acceptors (Lipinski definition) is 6. The van der Waals surface area contributed by atoms with Crippen LogP contribution in [0.5, 0.6) is 11.5 Å². The van der Waals surface area contributed by atoms with Gasteiger partial charge in [0.2, 0.25) is 5.91 Å². The van der Waals surface area contributed by atoms with Crippen LogP contribution in [0.2, 0.25) is 0 Å². The Balaban J connectivity index is 1.46. The van der Waals surface area contributed by atoms with Crippen molar-refractivity contribution < 1.29 is 28.2 Å². The van der Waals surface area contributed by atoms with Gasteiger partial charge in [0.1, 0.15) is 25.6 Å². The van der Waals surface area contributed by atoms with Gasteiger partial charge in [0.15, 0.2) is 11.5 Å². The SMILES string of the molecule is O=C(CN1C(=O)SC(=Cc2ccc3c(c2)OCCO3)C1=O)Nc1ccccc1F. The van der Waals surface area contributed by atoms with Crippen LogP contribution >= 0.6 is 11.8 Å². The van der Waals surface area contributed by atoms with E-state index in [1.807, 2.05) is 0 Å². The Morgan fingerprint density at radius 1 is 1.14 bits per heavy atom. The van der Waals surface area contributed by atoms with E-state index in [4.69, 9.17) is 9.47 Å². The molecule has 2 heterocycles. The van der Waals surface area contributed by atoms with Crippen molar-refractivity contribution in [3.63, 3.8) is 0 Å². The minimum absolute atomic E-state index is 0.0173. The van der Waals surface area contributed by atoms with E-state index in [1.54, 1.807) is 30.3 Å². The number of para-hydroxylation sites is 1. The first kappa shape index (κ1) is 19.0. The van der Waals surface area contributed by atoms with E-state index < -0.39 is 29.4 Å². The zero-order valence-corrected chi connectivity index (χ0v) is 15.8. The second kappa shape index (κ2) is 7.96. The number of nitrogens with zero attached hydrogens (tertiary/aromatic N) is 1. The number of rotatable bonds is 4. The summed E-state index contributed by atoms with van der Waals surface area (Å²) < 4.78 is 24.6. The molecule has 0 unspecified atom stereocenters. The van der Waals surface area contributed by atoms with Crippen molar-refractivity contribution in [2.24, 2.45) is 0 Å². The summed E-state index contributed by atoms with van der Waals surface area (Å²) in [6.45, 7) is 0.405. The largest absolute Gasteiger partial charge is 0.486 e. The molecule has 0 aromatic heterocycles. The van der Waals surface area contributed by atoms with Gasteiger partial charge >= 0.3 is 0 Å². The molecule has 9 heteroatoms. The minimum Gasteiger partial charge on any atom is -0.486 e. The maximum Gasteiger partial charge on any atom is 0.294 e. The molecule has 0 saturated carbocycles. The van der Waals surface area contributed by atoms with Crippen LogP contribution in [0.1, 0.15) is 5.56 Å². The van der Waals surface area contributed by atoms with Gasteiger partial charge in [-0.2, -0.15) is 0 Å². The van der Waals surface area contributed by atoms with Crippen LogP contribution in [-0.4, -0.2) is 41.7 Å². The van der Waals surface area contributed by atoms with E-state index >= 15 is 0 Å². The molecule has 0 radical (unpaired) electrons. The van der Waals surface area contributed by atoms with Crippen LogP contribution in [0.15, 0.2) is 47.4 Å². The quantitative estimate of drug-likeness (QED) is 0.773. The van der Waals surface area contributed by atoms with Crippen molar-refractivity contribution in [3.05, 3.63) is 58.8 Å². The second-order valence-corrected chi connectivity index (χ2v) is 7.19. The maximum absolute atomic E-state index is 13.6. The average molecular weight is 414 g/mol. The Kier molecular flexibility index (Phi) is 5.22. The maximum atomic E-state index is 13.6. The van der Waals surface area contributed by atoms with Crippen LogP contribution in [0.3, 0.4) is 0 Å². The van der Waals surface area contributed by atoms with Gasteiger partial charge in [0.25, 0.3) is 11.1 Å². The monoisotopic (exact) mass is 414 g/mol. The van der Waals surface area contributed by atoms with Crippen molar-refractivity contribution in [1.82, 2.24) is 4.90 Å². The van der Waals surface area contributed by atoms with Gasteiger partial charge in [-0.15, -0.1) is 0 Å². The topological polar surface area (TPSA) is 84.9 Å². The van der Waals surface area contributed by atoms with E-state index in [1.165, 1.54) is 18.2 Å². The van der Waals surface area contributed by atoms with Crippen LogP contribution in [0.4, 0.5) is 14.9 Å². The van der Waals surface area contributed by atoms with Gasteiger partial charge < -0.3 is 14.8 Å². The van der Waals surface area contributed by atoms with Gasteiger partial charge in [-0.1, -0.05) is 18.2 Å². The highest BCUT2D eigenvalue weighted by Gasteiger charge is 2.36. The molecular weight excluding hydrogens is 399 g/mol. The Bertz CT molecular complexity index is 1040. The number of amides is 3. The molecule has 2 aliphatic heterocycles. The average Bonchev–Trinajstić information content (AvgIpc) is 2.97. The fourth-order valence-corrected chi connectivity index (χ4v) is 3.67. The number of benzene rings is 2. The molecule has 2 aromatic rings. The summed E-state index contributed by atoms with van der Waals surface area (Å²) in [4.78, 5) is 37.9. The highest BCUT2D eigenvalue weighted by Crippen LogP contribution is 2.35. The van der Waals surface area contributed by atoms with E-state index in [2.05, 4.69) is 5.32 Å². The van der Waals surface area contributed by atoms with E-state index in [0.717, 1.165) is 16.7 Å². The molecule has 148 valence electrons. The number of nitrogens with one attached hydrogen (secondary N) is 1. The minimum atomic E-state index is -0.669. The zero-order chi connectivity index (χ0) is 20.4. The lowest BCUT2D eigenvalue weighted by Gasteiger charge is -2.18. The number of imide groups is 1. The Hall–Kier alpha value is -3.33. The summed E-state index contributed by atoms with van der Waals surface area (Å²) in [5.41, 5.74) is 0.645.